The van der Waals surface area contributed by atoms with Crippen LogP contribution in [-0.4, -0.2) is 63.3 Å². The second kappa shape index (κ2) is 6.25. The monoisotopic (exact) mass is 196 g/mol. The van der Waals surface area contributed by atoms with E-state index in [9.17, 15) is 0 Å². The summed E-state index contributed by atoms with van der Waals surface area (Å²) in [6.07, 6.45) is -4.92. The Balaban J connectivity index is 3.83. The number of hydrogen-bond acceptors (Lipinski definition) is 6. The van der Waals surface area contributed by atoms with Crippen LogP contribution in [0, 0.1) is 0 Å². The van der Waals surface area contributed by atoms with E-state index in [2.05, 4.69) is 0 Å². The van der Waals surface area contributed by atoms with Crippen LogP contribution in [0.15, 0.2) is 0 Å². The molecule has 0 amide bonds. The van der Waals surface area contributed by atoms with Crippen molar-refractivity contribution in [2.45, 2.75) is 31.5 Å². The van der Waals surface area contributed by atoms with Gasteiger partial charge in [0.05, 0.1) is 19.3 Å². The molecule has 0 fully saturated rings. The van der Waals surface area contributed by atoms with Crippen molar-refractivity contribution in [3.63, 3.8) is 0 Å². The minimum Gasteiger partial charge on any atom is -0.394 e. The van der Waals surface area contributed by atoms with Crippen LogP contribution in [-0.2, 0) is 4.74 Å². The molecule has 0 bridgehead atoms. The molecule has 0 aromatic carbocycles. The maximum Gasteiger partial charge on any atom is 0.183 e. The molecular formula is C7H16O6. The van der Waals surface area contributed by atoms with Crippen LogP contribution in [0.1, 0.15) is 6.92 Å². The van der Waals surface area contributed by atoms with E-state index in [0.717, 1.165) is 0 Å². The van der Waals surface area contributed by atoms with Gasteiger partial charge in [-0.2, -0.15) is 0 Å². The number of aliphatic hydroxyl groups is 5. The van der Waals surface area contributed by atoms with Crippen molar-refractivity contribution in [1.29, 1.82) is 0 Å². The lowest BCUT2D eigenvalue weighted by atomic mass is 10.2. The van der Waals surface area contributed by atoms with Gasteiger partial charge in [0.1, 0.15) is 12.2 Å². The van der Waals surface area contributed by atoms with Gasteiger partial charge in [-0.3, -0.25) is 0 Å². The molecule has 0 saturated heterocycles. The molecule has 0 saturated carbocycles. The van der Waals surface area contributed by atoms with Gasteiger partial charge in [0.15, 0.2) is 6.29 Å². The summed E-state index contributed by atoms with van der Waals surface area (Å²) in [5.41, 5.74) is 0. The van der Waals surface area contributed by atoms with E-state index >= 15 is 0 Å². The van der Waals surface area contributed by atoms with Crippen molar-refractivity contribution in [3.05, 3.63) is 0 Å². The molecule has 0 heterocycles. The highest BCUT2D eigenvalue weighted by molar-refractivity contribution is 4.65. The summed E-state index contributed by atoms with van der Waals surface area (Å²) in [5.74, 6) is 0. The average Bonchev–Trinajstić information content (AvgIpc) is 2.14. The van der Waals surface area contributed by atoms with Gasteiger partial charge in [0.25, 0.3) is 0 Å². The standard InChI is InChI=1S/C7H16O6/c1-4(5(10)2-8)13-7(12)6(11)3-9/h4-12H,2-3H2,1H3/t4?,5?,6-,7+/m1/s1. The number of rotatable bonds is 6. The number of ether oxygens (including phenoxy) is 1. The highest BCUT2D eigenvalue weighted by Crippen LogP contribution is 2.04. The van der Waals surface area contributed by atoms with Gasteiger partial charge < -0.3 is 30.3 Å². The molecule has 0 aromatic rings. The highest BCUT2D eigenvalue weighted by Gasteiger charge is 2.22. The van der Waals surface area contributed by atoms with Crippen molar-refractivity contribution in [2.75, 3.05) is 13.2 Å². The lowest BCUT2D eigenvalue weighted by Crippen LogP contribution is -2.39. The topological polar surface area (TPSA) is 110 Å². The van der Waals surface area contributed by atoms with Gasteiger partial charge in [-0.25, -0.2) is 0 Å². The van der Waals surface area contributed by atoms with Crippen molar-refractivity contribution >= 4 is 0 Å². The maximum atomic E-state index is 9.01. The molecule has 4 atom stereocenters. The lowest BCUT2D eigenvalue weighted by Gasteiger charge is -2.23. The maximum absolute atomic E-state index is 9.01. The van der Waals surface area contributed by atoms with Crippen LogP contribution in [0.2, 0.25) is 0 Å². The molecule has 6 nitrogen and oxygen atoms in total. The summed E-state index contributed by atoms with van der Waals surface area (Å²) in [7, 11) is 0. The van der Waals surface area contributed by atoms with E-state index in [-0.39, 0.29) is 0 Å². The zero-order chi connectivity index (χ0) is 10.4. The Kier molecular flexibility index (Phi) is 6.13. The summed E-state index contributed by atoms with van der Waals surface area (Å²) in [4.78, 5) is 0. The van der Waals surface area contributed by atoms with E-state index in [0.29, 0.717) is 0 Å². The molecule has 0 radical (unpaired) electrons. The van der Waals surface area contributed by atoms with Crippen molar-refractivity contribution in [1.82, 2.24) is 0 Å². The van der Waals surface area contributed by atoms with Crippen molar-refractivity contribution < 1.29 is 30.3 Å². The van der Waals surface area contributed by atoms with Crippen LogP contribution in [0.4, 0.5) is 0 Å². The molecular weight excluding hydrogens is 180 g/mol. The summed E-state index contributed by atoms with van der Waals surface area (Å²) in [6.45, 7) is 0.292. The Hall–Kier alpha value is -0.240. The molecule has 5 N–H and O–H groups in total. The van der Waals surface area contributed by atoms with Gasteiger partial charge >= 0.3 is 0 Å². The van der Waals surface area contributed by atoms with E-state index in [1.165, 1.54) is 6.92 Å². The first-order chi connectivity index (χ1) is 6.02. The average molecular weight is 196 g/mol. The molecule has 2 unspecified atom stereocenters. The Morgan fingerprint density at radius 3 is 1.85 bits per heavy atom. The minimum absolute atomic E-state index is 0.497. The van der Waals surface area contributed by atoms with Crippen LogP contribution < -0.4 is 0 Å². The molecule has 6 heteroatoms. The first-order valence-electron chi connectivity index (χ1n) is 3.94. The molecule has 0 rings (SSSR count). The number of hydrogen-bond donors (Lipinski definition) is 5. The third-order valence-electron chi connectivity index (χ3n) is 1.60. The van der Waals surface area contributed by atoms with Crippen LogP contribution >= 0.6 is 0 Å². The third kappa shape index (κ3) is 4.51. The van der Waals surface area contributed by atoms with Gasteiger partial charge in [-0.15, -0.1) is 0 Å². The quantitative estimate of drug-likeness (QED) is 0.298. The van der Waals surface area contributed by atoms with E-state index < -0.39 is 37.8 Å². The largest absolute Gasteiger partial charge is 0.394 e. The predicted molar refractivity (Wildman–Crippen MR) is 42.7 cm³/mol. The third-order valence-corrected chi connectivity index (χ3v) is 1.60. The Morgan fingerprint density at radius 2 is 1.46 bits per heavy atom. The first kappa shape index (κ1) is 12.8. The van der Waals surface area contributed by atoms with Gasteiger partial charge in [-0.05, 0) is 6.92 Å². The van der Waals surface area contributed by atoms with Gasteiger partial charge in [0, 0.05) is 0 Å². The molecule has 80 valence electrons. The van der Waals surface area contributed by atoms with Crippen molar-refractivity contribution in [2.24, 2.45) is 0 Å². The fraction of sp³-hybridized carbons (Fsp3) is 1.00. The molecule has 0 aliphatic carbocycles. The summed E-state index contributed by atoms with van der Waals surface area (Å²) >= 11 is 0. The lowest BCUT2D eigenvalue weighted by molar-refractivity contribution is -0.211. The van der Waals surface area contributed by atoms with Crippen LogP contribution in [0.3, 0.4) is 0 Å². The number of aliphatic hydroxyl groups excluding tert-OH is 5. The Bertz CT molecular complexity index is 116. The second-order valence-electron chi connectivity index (χ2n) is 2.73. The molecule has 13 heavy (non-hydrogen) atoms. The Labute approximate surface area is 76.0 Å². The SMILES string of the molecule is CC(O[C@H](O)[C@H](O)CO)C(O)CO. The predicted octanol–water partition coefficient (Wildman–Crippen LogP) is -2.58. The van der Waals surface area contributed by atoms with Gasteiger partial charge in [-0.1, -0.05) is 0 Å². The first-order valence-corrected chi connectivity index (χ1v) is 3.94. The second-order valence-corrected chi connectivity index (χ2v) is 2.73. The zero-order valence-corrected chi connectivity index (χ0v) is 7.37. The summed E-state index contributed by atoms with van der Waals surface area (Å²) < 4.78 is 4.69. The highest BCUT2D eigenvalue weighted by atomic mass is 16.6. The van der Waals surface area contributed by atoms with Crippen LogP contribution in [0.5, 0.6) is 0 Å². The Morgan fingerprint density at radius 1 is 1.00 bits per heavy atom. The molecule has 0 aliphatic heterocycles. The fourth-order valence-corrected chi connectivity index (χ4v) is 0.640. The molecule has 0 aromatic heterocycles. The van der Waals surface area contributed by atoms with E-state index in [4.69, 9.17) is 30.3 Å². The van der Waals surface area contributed by atoms with Crippen molar-refractivity contribution in [3.8, 4) is 0 Å². The molecule has 0 aliphatic rings. The normalized spacial score (nSPS) is 20.8. The van der Waals surface area contributed by atoms with E-state index in [1.807, 2.05) is 0 Å². The van der Waals surface area contributed by atoms with E-state index in [1.54, 1.807) is 0 Å². The fourth-order valence-electron chi connectivity index (χ4n) is 0.640. The molecule has 0 spiro atoms. The minimum atomic E-state index is -1.57. The summed E-state index contributed by atoms with van der Waals surface area (Å²) in [6, 6.07) is 0. The smallest absolute Gasteiger partial charge is 0.183 e. The summed E-state index contributed by atoms with van der Waals surface area (Å²) in [5, 5.41) is 43.8. The van der Waals surface area contributed by atoms with Gasteiger partial charge in [0.2, 0.25) is 0 Å². The van der Waals surface area contributed by atoms with Crippen LogP contribution in [0.25, 0.3) is 0 Å². The zero-order valence-electron chi connectivity index (χ0n) is 7.37.